The maximum atomic E-state index is 11.8. The van der Waals surface area contributed by atoms with Crippen molar-refractivity contribution >= 4 is 60.7 Å². The first-order valence-corrected chi connectivity index (χ1v) is 8.37. The van der Waals surface area contributed by atoms with Crippen LogP contribution >= 0.6 is 0 Å². The minimum atomic E-state index is -1.15. The number of nitrogens with two attached hydrogens (primary N) is 1. The summed E-state index contributed by atoms with van der Waals surface area (Å²) in [5.74, 6) is -2.30. The molecule has 0 aliphatic rings. The highest BCUT2D eigenvalue weighted by atomic mass is 16.4. The third-order valence-electron chi connectivity index (χ3n) is 5.28. The zero-order valence-corrected chi connectivity index (χ0v) is 14.0. The second-order valence-electron chi connectivity index (χ2n) is 6.61. The average molecular weight is 355 g/mol. The van der Waals surface area contributed by atoms with Crippen molar-refractivity contribution in [3.05, 3.63) is 65.7 Å². The van der Waals surface area contributed by atoms with E-state index < -0.39 is 11.9 Å². The minimum absolute atomic E-state index is 0.0147. The van der Waals surface area contributed by atoms with E-state index in [4.69, 9.17) is 5.73 Å². The number of hydrogen-bond acceptors (Lipinski definition) is 3. The van der Waals surface area contributed by atoms with Gasteiger partial charge in [-0.05, 0) is 50.5 Å². The molecule has 0 amide bonds. The van der Waals surface area contributed by atoms with Crippen molar-refractivity contribution in [2.45, 2.75) is 0 Å². The molecule has 0 bridgehead atoms. The van der Waals surface area contributed by atoms with Crippen molar-refractivity contribution < 1.29 is 19.8 Å². The van der Waals surface area contributed by atoms with Crippen molar-refractivity contribution in [3.63, 3.8) is 0 Å². The molecule has 0 fully saturated rings. The second kappa shape index (κ2) is 5.08. The second-order valence-corrected chi connectivity index (χ2v) is 6.61. The molecule has 0 saturated heterocycles. The Labute approximate surface area is 152 Å². The fraction of sp³-hybridized carbons (Fsp3) is 0. The molecule has 0 unspecified atom stereocenters. The number of fused-ring (bicyclic) bond motifs is 2. The standard InChI is InChI=1S/C22H13NO4/c23-17-9-8-11-13-5-7-16(22(26)27)20-15(21(24)25)6-4-12(19(13)20)10-2-1-3-14(17)18(10)11/h1-9H,23H2,(H,24,25)(H,26,27). The SMILES string of the molecule is Nc1ccc2c3ccc(C(=O)O)c4c(C(=O)O)ccc(c5cccc1c52)c43. The highest BCUT2D eigenvalue weighted by Crippen LogP contribution is 2.43. The zero-order chi connectivity index (χ0) is 18.9. The predicted molar refractivity (Wildman–Crippen MR) is 106 cm³/mol. The van der Waals surface area contributed by atoms with Gasteiger partial charge in [0.2, 0.25) is 0 Å². The Balaban J connectivity index is 2.20. The largest absolute Gasteiger partial charge is 0.478 e. The number of hydrogen-bond donors (Lipinski definition) is 3. The predicted octanol–water partition coefficient (Wildman–Crippen LogP) is 4.72. The summed E-state index contributed by atoms with van der Waals surface area (Å²) >= 11 is 0. The molecule has 5 aromatic carbocycles. The van der Waals surface area contributed by atoms with Crippen LogP contribution in [0.4, 0.5) is 5.69 Å². The Morgan fingerprint density at radius 3 is 1.67 bits per heavy atom. The van der Waals surface area contributed by atoms with Crippen molar-refractivity contribution in [1.82, 2.24) is 0 Å². The van der Waals surface area contributed by atoms with E-state index in [9.17, 15) is 19.8 Å². The van der Waals surface area contributed by atoms with Gasteiger partial charge in [-0.3, -0.25) is 0 Å². The van der Waals surface area contributed by atoms with E-state index in [1.54, 1.807) is 12.1 Å². The zero-order valence-electron chi connectivity index (χ0n) is 14.0. The van der Waals surface area contributed by atoms with Gasteiger partial charge in [-0.2, -0.15) is 0 Å². The lowest BCUT2D eigenvalue weighted by Crippen LogP contribution is -2.05. The smallest absolute Gasteiger partial charge is 0.336 e. The lowest BCUT2D eigenvalue weighted by molar-refractivity contribution is 0.0695. The van der Waals surface area contributed by atoms with E-state index in [1.807, 2.05) is 30.3 Å². The number of anilines is 1. The summed E-state index contributed by atoms with van der Waals surface area (Å²) in [5.41, 5.74) is 6.80. The third kappa shape index (κ3) is 1.88. The molecular formula is C22H13NO4. The molecule has 0 heterocycles. The topological polar surface area (TPSA) is 101 Å². The van der Waals surface area contributed by atoms with Crippen LogP contribution < -0.4 is 5.73 Å². The Bertz CT molecular complexity index is 1370. The molecule has 5 rings (SSSR count). The molecule has 4 N–H and O–H groups in total. The Kier molecular flexibility index (Phi) is 2.90. The van der Waals surface area contributed by atoms with Crippen LogP contribution in [0, 0.1) is 0 Å². The lowest BCUT2D eigenvalue weighted by Gasteiger charge is -2.17. The number of carbonyl (C=O) groups is 2. The molecule has 27 heavy (non-hydrogen) atoms. The van der Waals surface area contributed by atoms with Gasteiger partial charge >= 0.3 is 11.9 Å². The first kappa shape index (κ1) is 15.4. The Morgan fingerprint density at radius 1 is 0.593 bits per heavy atom. The summed E-state index contributed by atoms with van der Waals surface area (Å²) < 4.78 is 0. The van der Waals surface area contributed by atoms with Crippen LogP contribution in [0.1, 0.15) is 20.7 Å². The van der Waals surface area contributed by atoms with E-state index in [2.05, 4.69) is 0 Å². The number of benzene rings is 5. The van der Waals surface area contributed by atoms with Crippen LogP contribution in [0.2, 0.25) is 0 Å². The van der Waals surface area contributed by atoms with Crippen molar-refractivity contribution in [1.29, 1.82) is 0 Å². The number of carboxylic acids is 2. The molecule has 5 heteroatoms. The number of carboxylic acid groups (broad SMARTS) is 2. The van der Waals surface area contributed by atoms with Crippen molar-refractivity contribution in [2.24, 2.45) is 0 Å². The van der Waals surface area contributed by atoms with Crippen LogP contribution in [-0.2, 0) is 0 Å². The molecule has 0 aromatic heterocycles. The highest BCUT2D eigenvalue weighted by Gasteiger charge is 2.22. The van der Waals surface area contributed by atoms with E-state index in [-0.39, 0.29) is 16.5 Å². The van der Waals surface area contributed by atoms with Crippen molar-refractivity contribution in [3.8, 4) is 0 Å². The van der Waals surface area contributed by atoms with E-state index in [0.717, 1.165) is 32.3 Å². The number of nitrogen functional groups attached to an aromatic ring is 1. The van der Waals surface area contributed by atoms with Crippen LogP contribution in [-0.4, -0.2) is 22.2 Å². The van der Waals surface area contributed by atoms with Crippen LogP contribution in [0.5, 0.6) is 0 Å². The van der Waals surface area contributed by atoms with Gasteiger partial charge in [0, 0.05) is 16.5 Å². The molecule has 0 radical (unpaired) electrons. The number of rotatable bonds is 2. The van der Waals surface area contributed by atoms with Gasteiger partial charge in [-0.25, -0.2) is 9.59 Å². The maximum absolute atomic E-state index is 11.8. The van der Waals surface area contributed by atoms with Gasteiger partial charge < -0.3 is 15.9 Å². The molecule has 130 valence electrons. The maximum Gasteiger partial charge on any atom is 0.336 e. The first-order valence-electron chi connectivity index (χ1n) is 8.37. The first-order chi connectivity index (χ1) is 13.0. The van der Waals surface area contributed by atoms with Gasteiger partial charge in [0.1, 0.15) is 0 Å². The van der Waals surface area contributed by atoms with E-state index >= 15 is 0 Å². The molecule has 5 aromatic rings. The fourth-order valence-corrected chi connectivity index (χ4v) is 4.18. The average Bonchev–Trinajstić information content (AvgIpc) is 2.66. The third-order valence-corrected chi connectivity index (χ3v) is 5.28. The molecule has 0 atom stereocenters. The highest BCUT2D eigenvalue weighted by molar-refractivity contribution is 6.36. The summed E-state index contributed by atoms with van der Waals surface area (Å²) in [6.07, 6.45) is 0. The molecule has 0 saturated carbocycles. The van der Waals surface area contributed by atoms with Crippen molar-refractivity contribution in [2.75, 3.05) is 5.73 Å². The van der Waals surface area contributed by atoms with Crippen LogP contribution in [0.15, 0.2) is 54.6 Å². The summed E-state index contributed by atoms with van der Waals surface area (Å²) in [6, 6.07) is 16.0. The molecular weight excluding hydrogens is 342 g/mol. The molecule has 5 nitrogen and oxygen atoms in total. The lowest BCUT2D eigenvalue weighted by atomic mass is 9.86. The van der Waals surface area contributed by atoms with Gasteiger partial charge in [-0.15, -0.1) is 0 Å². The minimum Gasteiger partial charge on any atom is -0.478 e. The number of aromatic carboxylic acids is 2. The van der Waals surface area contributed by atoms with Crippen LogP contribution in [0.25, 0.3) is 43.1 Å². The van der Waals surface area contributed by atoms with Gasteiger partial charge in [0.05, 0.1) is 11.1 Å². The monoisotopic (exact) mass is 355 g/mol. The van der Waals surface area contributed by atoms with Gasteiger partial charge in [-0.1, -0.05) is 36.4 Å². The Morgan fingerprint density at radius 2 is 1.07 bits per heavy atom. The van der Waals surface area contributed by atoms with Gasteiger partial charge in [0.15, 0.2) is 0 Å². The summed E-state index contributed by atoms with van der Waals surface area (Å²) in [7, 11) is 0. The molecule has 0 aliphatic heterocycles. The van der Waals surface area contributed by atoms with E-state index in [1.165, 1.54) is 12.1 Å². The molecule has 0 aliphatic carbocycles. The quantitative estimate of drug-likeness (QED) is 0.242. The fourth-order valence-electron chi connectivity index (χ4n) is 4.18. The molecule has 0 spiro atoms. The Hall–Kier alpha value is -3.86. The van der Waals surface area contributed by atoms with Crippen LogP contribution in [0.3, 0.4) is 0 Å². The van der Waals surface area contributed by atoms with Gasteiger partial charge in [0.25, 0.3) is 0 Å². The summed E-state index contributed by atoms with van der Waals surface area (Å²) in [6.45, 7) is 0. The van der Waals surface area contributed by atoms with E-state index in [0.29, 0.717) is 11.1 Å². The summed E-state index contributed by atoms with van der Waals surface area (Å²) in [5, 5.41) is 25.6. The normalized spacial score (nSPS) is 11.7. The summed E-state index contributed by atoms with van der Waals surface area (Å²) in [4.78, 5) is 23.6.